The van der Waals surface area contributed by atoms with E-state index < -0.39 is 21.8 Å². The second-order valence-electron chi connectivity index (χ2n) is 9.33. The maximum atomic E-state index is 13.2. The molecule has 1 heterocycles. The number of nitrogens with zero attached hydrogens (tertiary/aromatic N) is 2. The van der Waals surface area contributed by atoms with E-state index in [1.165, 1.54) is 34.6 Å². The Hall–Kier alpha value is -4.15. The minimum atomic E-state index is -4.45. The van der Waals surface area contributed by atoms with Crippen molar-refractivity contribution in [1.29, 1.82) is 0 Å². The molecule has 40 heavy (non-hydrogen) atoms. The highest BCUT2D eigenvalue weighted by atomic mass is 32.2. The molecule has 0 bridgehead atoms. The van der Waals surface area contributed by atoms with E-state index in [-0.39, 0.29) is 37.0 Å². The highest BCUT2D eigenvalue weighted by Crippen LogP contribution is 2.32. The number of piperazine rings is 1. The minimum Gasteiger partial charge on any atom is -0.369 e. The summed E-state index contributed by atoms with van der Waals surface area (Å²) in [6.07, 6.45) is -4.45. The largest absolute Gasteiger partial charge is 0.416 e. The van der Waals surface area contributed by atoms with Crippen LogP contribution in [0.25, 0.3) is 11.1 Å². The lowest BCUT2D eigenvalue weighted by Crippen LogP contribution is -2.48. The molecule has 0 saturated carbocycles. The quantitative estimate of drug-likeness (QED) is 0.305. The Morgan fingerprint density at radius 1 is 0.750 bits per heavy atom. The van der Waals surface area contributed by atoms with Crippen LogP contribution in [0.3, 0.4) is 0 Å². The first kappa shape index (κ1) is 27.4. The fraction of sp³-hybridized carbons (Fsp3) is 0.167. The molecule has 4 aromatic carbocycles. The van der Waals surface area contributed by atoms with Gasteiger partial charge in [-0.1, -0.05) is 54.6 Å². The van der Waals surface area contributed by atoms with E-state index >= 15 is 0 Å². The number of nitrogens with one attached hydrogen (secondary N) is 1. The van der Waals surface area contributed by atoms with Gasteiger partial charge < -0.3 is 10.2 Å². The van der Waals surface area contributed by atoms with Crippen molar-refractivity contribution >= 4 is 27.3 Å². The number of anilines is 2. The van der Waals surface area contributed by atoms with Crippen molar-refractivity contribution in [3.63, 3.8) is 0 Å². The number of rotatable bonds is 6. The van der Waals surface area contributed by atoms with E-state index in [4.69, 9.17) is 0 Å². The zero-order valence-electron chi connectivity index (χ0n) is 21.3. The van der Waals surface area contributed by atoms with Gasteiger partial charge in [0.25, 0.3) is 5.91 Å². The summed E-state index contributed by atoms with van der Waals surface area (Å²) in [5, 5.41) is 2.83. The third kappa shape index (κ3) is 5.88. The van der Waals surface area contributed by atoms with Crippen molar-refractivity contribution in [3.8, 4) is 11.1 Å². The molecule has 0 aliphatic carbocycles. The number of amides is 1. The zero-order chi connectivity index (χ0) is 28.3. The van der Waals surface area contributed by atoms with E-state index in [1.54, 1.807) is 23.1 Å². The Balaban J connectivity index is 1.25. The maximum Gasteiger partial charge on any atom is 0.416 e. The summed E-state index contributed by atoms with van der Waals surface area (Å²) in [7, 11) is -3.83. The Morgan fingerprint density at radius 3 is 2.08 bits per heavy atom. The third-order valence-corrected chi connectivity index (χ3v) is 8.70. The average molecular weight is 566 g/mol. The molecule has 6 nitrogen and oxygen atoms in total. The first-order valence-electron chi connectivity index (χ1n) is 12.6. The van der Waals surface area contributed by atoms with Crippen LogP contribution in [0.2, 0.25) is 0 Å². The van der Waals surface area contributed by atoms with Crippen LogP contribution < -0.4 is 10.2 Å². The van der Waals surface area contributed by atoms with Crippen LogP contribution in [0.1, 0.15) is 15.9 Å². The van der Waals surface area contributed by atoms with Crippen LogP contribution in [0.15, 0.2) is 108 Å². The Morgan fingerprint density at radius 2 is 1.40 bits per heavy atom. The van der Waals surface area contributed by atoms with Gasteiger partial charge in [0, 0.05) is 43.1 Å². The van der Waals surface area contributed by atoms with E-state index in [2.05, 4.69) is 5.32 Å². The van der Waals surface area contributed by atoms with E-state index in [9.17, 15) is 26.4 Å². The number of halogens is 3. The molecule has 4 aromatic rings. The summed E-state index contributed by atoms with van der Waals surface area (Å²) >= 11 is 0. The topological polar surface area (TPSA) is 69.7 Å². The van der Waals surface area contributed by atoms with Gasteiger partial charge in [0.2, 0.25) is 10.0 Å². The van der Waals surface area contributed by atoms with Crippen LogP contribution in [0, 0.1) is 0 Å². The summed E-state index contributed by atoms with van der Waals surface area (Å²) in [5.74, 6) is -0.319. The molecule has 1 aliphatic heterocycles. The third-order valence-electron chi connectivity index (χ3n) is 6.78. The maximum absolute atomic E-state index is 13.2. The van der Waals surface area contributed by atoms with Crippen molar-refractivity contribution in [2.75, 3.05) is 36.4 Å². The van der Waals surface area contributed by atoms with Crippen molar-refractivity contribution in [3.05, 3.63) is 114 Å². The standard InChI is InChI=1S/C30H26F3N3O3S/c31-30(32,33)23-9-6-10-25(21-23)35-17-19-36(20-18-35)40(38,39)26-15-13-24(14-16-26)34-29(37)28-12-5-4-11-27(28)22-7-2-1-3-8-22/h1-16,21H,17-20H2,(H,34,37). The predicted molar refractivity (Wildman–Crippen MR) is 149 cm³/mol. The second-order valence-corrected chi connectivity index (χ2v) is 11.3. The van der Waals surface area contributed by atoms with Gasteiger partial charge in [-0.25, -0.2) is 8.42 Å². The summed E-state index contributed by atoms with van der Waals surface area (Å²) in [5.41, 5.74) is 2.29. The summed E-state index contributed by atoms with van der Waals surface area (Å²) in [4.78, 5) is 14.9. The summed E-state index contributed by atoms with van der Waals surface area (Å²) < 4.78 is 67.1. The number of hydrogen-bond acceptors (Lipinski definition) is 4. The second kappa shape index (κ2) is 11.1. The van der Waals surface area contributed by atoms with E-state index in [0.717, 1.165) is 23.3 Å². The lowest BCUT2D eigenvalue weighted by molar-refractivity contribution is -0.137. The first-order chi connectivity index (χ1) is 19.1. The Kier molecular flexibility index (Phi) is 7.64. The number of sulfonamides is 1. The number of carbonyl (C=O) groups is 1. The predicted octanol–water partition coefficient (Wildman–Crippen LogP) is 6.14. The van der Waals surface area contributed by atoms with Crippen molar-refractivity contribution in [2.45, 2.75) is 11.1 Å². The SMILES string of the molecule is O=C(Nc1ccc(S(=O)(=O)N2CCN(c3cccc(C(F)(F)F)c3)CC2)cc1)c1ccccc1-c1ccccc1. The summed E-state index contributed by atoms with van der Waals surface area (Å²) in [6.45, 7) is 0.783. The van der Waals surface area contributed by atoms with Crippen molar-refractivity contribution in [1.82, 2.24) is 4.31 Å². The molecule has 206 valence electrons. The molecular formula is C30H26F3N3O3S. The zero-order valence-corrected chi connectivity index (χ0v) is 22.1. The van der Waals surface area contributed by atoms with E-state index in [0.29, 0.717) is 16.9 Å². The molecule has 0 unspecified atom stereocenters. The molecule has 0 atom stereocenters. The van der Waals surface area contributed by atoms with Crippen LogP contribution in [0.4, 0.5) is 24.5 Å². The summed E-state index contributed by atoms with van der Waals surface area (Å²) in [6, 6.07) is 27.8. The highest BCUT2D eigenvalue weighted by molar-refractivity contribution is 7.89. The molecule has 10 heteroatoms. The number of alkyl halides is 3. The van der Waals surface area contributed by atoms with Gasteiger partial charge in [0.1, 0.15) is 0 Å². The van der Waals surface area contributed by atoms with Gasteiger partial charge in [-0.2, -0.15) is 17.5 Å². The molecule has 1 aliphatic rings. The number of benzene rings is 4. The molecule has 0 radical (unpaired) electrons. The Labute approximate surface area is 230 Å². The number of carbonyl (C=O) groups excluding carboxylic acids is 1. The molecule has 0 aromatic heterocycles. The van der Waals surface area contributed by atoms with E-state index in [1.807, 2.05) is 42.5 Å². The molecule has 1 saturated heterocycles. The molecule has 1 fully saturated rings. The molecular weight excluding hydrogens is 539 g/mol. The van der Waals surface area contributed by atoms with Gasteiger partial charge in [-0.15, -0.1) is 0 Å². The Bertz CT molecular complexity index is 1600. The fourth-order valence-electron chi connectivity index (χ4n) is 4.67. The molecule has 0 spiro atoms. The normalized spacial score (nSPS) is 14.6. The van der Waals surface area contributed by atoms with Crippen LogP contribution in [0.5, 0.6) is 0 Å². The lowest BCUT2D eigenvalue weighted by atomic mass is 9.99. The van der Waals surface area contributed by atoms with Gasteiger partial charge in [0.15, 0.2) is 0 Å². The smallest absolute Gasteiger partial charge is 0.369 e. The van der Waals surface area contributed by atoms with Gasteiger partial charge >= 0.3 is 6.18 Å². The number of hydrogen-bond donors (Lipinski definition) is 1. The average Bonchev–Trinajstić information content (AvgIpc) is 2.97. The van der Waals surface area contributed by atoms with Crippen molar-refractivity contribution in [2.24, 2.45) is 0 Å². The van der Waals surface area contributed by atoms with Crippen LogP contribution >= 0.6 is 0 Å². The van der Waals surface area contributed by atoms with Gasteiger partial charge in [-0.3, -0.25) is 4.79 Å². The van der Waals surface area contributed by atoms with Gasteiger partial charge in [0.05, 0.1) is 10.5 Å². The molecule has 1 N–H and O–H groups in total. The highest BCUT2D eigenvalue weighted by Gasteiger charge is 2.32. The fourth-order valence-corrected chi connectivity index (χ4v) is 6.10. The molecule has 5 rings (SSSR count). The lowest BCUT2D eigenvalue weighted by Gasteiger charge is -2.35. The minimum absolute atomic E-state index is 0.0719. The monoisotopic (exact) mass is 565 g/mol. The van der Waals surface area contributed by atoms with Crippen LogP contribution in [-0.2, 0) is 16.2 Å². The van der Waals surface area contributed by atoms with Gasteiger partial charge in [-0.05, 0) is 59.7 Å². The van der Waals surface area contributed by atoms with Crippen molar-refractivity contribution < 1.29 is 26.4 Å². The van der Waals surface area contributed by atoms with Crippen LogP contribution in [-0.4, -0.2) is 44.8 Å². The first-order valence-corrected chi connectivity index (χ1v) is 14.1. The molecule has 1 amide bonds.